The molecule has 0 spiro atoms. The molecular weight excluding hydrogens is 280 g/mol. The fourth-order valence-electron chi connectivity index (χ4n) is 2.50. The maximum atomic E-state index is 4.35. The van der Waals surface area contributed by atoms with Crippen LogP contribution in [0.5, 0.6) is 0 Å². The van der Waals surface area contributed by atoms with Crippen LogP contribution in [0.15, 0.2) is 12.1 Å². The number of anilines is 1. The van der Waals surface area contributed by atoms with Crippen molar-refractivity contribution in [1.82, 2.24) is 15.1 Å². The van der Waals surface area contributed by atoms with Gasteiger partial charge in [0.2, 0.25) is 5.13 Å². The monoisotopic (exact) mass is 304 g/mol. The molecule has 0 saturated heterocycles. The number of hydrogen-bond donors (Lipinski definition) is 1. The van der Waals surface area contributed by atoms with Crippen molar-refractivity contribution in [2.75, 3.05) is 32.5 Å². The summed E-state index contributed by atoms with van der Waals surface area (Å²) in [6.45, 7) is 8.41. The van der Waals surface area contributed by atoms with Gasteiger partial charge in [0.15, 0.2) is 0 Å². The largest absolute Gasteiger partial charge is 0.360 e. The van der Waals surface area contributed by atoms with Gasteiger partial charge in [-0.15, -0.1) is 10.2 Å². The van der Waals surface area contributed by atoms with Gasteiger partial charge < -0.3 is 10.2 Å². The molecule has 2 aromatic rings. The summed E-state index contributed by atoms with van der Waals surface area (Å²) < 4.78 is 0. The predicted octanol–water partition coefficient (Wildman–Crippen LogP) is 3.49. The second-order valence-corrected chi connectivity index (χ2v) is 6.75. The third-order valence-corrected chi connectivity index (χ3v) is 4.27. The van der Waals surface area contributed by atoms with Gasteiger partial charge in [-0.3, -0.25) is 0 Å². The van der Waals surface area contributed by atoms with Gasteiger partial charge in [0.05, 0.1) is 0 Å². The Labute approximate surface area is 131 Å². The summed E-state index contributed by atoms with van der Waals surface area (Å²) in [4.78, 5) is 2.19. The Morgan fingerprint density at radius 1 is 1.10 bits per heavy atom. The lowest BCUT2D eigenvalue weighted by molar-refractivity contribution is 0.405. The maximum absolute atomic E-state index is 4.35. The lowest BCUT2D eigenvalue weighted by atomic mass is 10.0. The lowest BCUT2D eigenvalue weighted by Crippen LogP contribution is -2.16. The summed E-state index contributed by atoms with van der Waals surface area (Å²) >= 11 is 1.63. The van der Waals surface area contributed by atoms with Gasteiger partial charge in [0, 0.05) is 12.1 Å². The average Bonchev–Trinajstić information content (AvgIpc) is 2.81. The quantitative estimate of drug-likeness (QED) is 0.829. The fourth-order valence-corrected chi connectivity index (χ4v) is 3.45. The molecule has 0 unspecified atom stereocenters. The van der Waals surface area contributed by atoms with E-state index in [-0.39, 0.29) is 0 Å². The minimum Gasteiger partial charge on any atom is -0.360 e. The second-order valence-electron chi connectivity index (χ2n) is 5.77. The van der Waals surface area contributed by atoms with Crippen LogP contribution >= 0.6 is 11.3 Å². The van der Waals surface area contributed by atoms with Crippen molar-refractivity contribution < 1.29 is 0 Å². The van der Waals surface area contributed by atoms with Crippen LogP contribution < -0.4 is 5.32 Å². The minimum absolute atomic E-state index is 0.906. The number of nitrogens with one attached hydrogen (secondary N) is 1. The molecule has 5 heteroatoms. The van der Waals surface area contributed by atoms with Gasteiger partial charge in [0.1, 0.15) is 5.01 Å². The summed E-state index contributed by atoms with van der Waals surface area (Å²) in [5.74, 6) is 0. The summed E-state index contributed by atoms with van der Waals surface area (Å²) in [6, 6.07) is 4.40. The third-order valence-electron chi connectivity index (χ3n) is 3.37. The molecule has 21 heavy (non-hydrogen) atoms. The second kappa shape index (κ2) is 7.00. The number of hydrogen-bond acceptors (Lipinski definition) is 5. The zero-order valence-corrected chi connectivity index (χ0v) is 14.3. The van der Waals surface area contributed by atoms with Gasteiger partial charge in [0.25, 0.3) is 0 Å². The van der Waals surface area contributed by atoms with Crippen LogP contribution in [0.1, 0.15) is 23.1 Å². The third kappa shape index (κ3) is 4.25. The predicted molar refractivity (Wildman–Crippen MR) is 91.2 cm³/mol. The van der Waals surface area contributed by atoms with Crippen LogP contribution in [-0.2, 0) is 0 Å². The van der Waals surface area contributed by atoms with Crippen molar-refractivity contribution in [1.29, 1.82) is 0 Å². The smallest absolute Gasteiger partial charge is 0.206 e. The highest BCUT2D eigenvalue weighted by molar-refractivity contribution is 7.18. The highest BCUT2D eigenvalue weighted by atomic mass is 32.1. The van der Waals surface area contributed by atoms with Crippen molar-refractivity contribution in [3.05, 3.63) is 28.8 Å². The molecule has 0 aliphatic heterocycles. The molecule has 1 N–H and O–H groups in total. The van der Waals surface area contributed by atoms with Gasteiger partial charge in [-0.2, -0.15) is 0 Å². The Hall–Kier alpha value is -1.46. The zero-order valence-electron chi connectivity index (χ0n) is 13.5. The molecule has 1 heterocycles. The summed E-state index contributed by atoms with van der Waals surface area (Å²) in [5.41, 5.74) is 5.05. The first-order valence-electron chi connectivity index (χ1n) is 7.27. The van der Waals surface area contributed by atoms with Crippen LogP contribution in [0, 0.1) is 20.8 Å². The molecule has 0 radical (unpaired) electrons. The van der Waals surface area contributed by atoms with E-state index in [0.717, 1.165) is 29.6 Å². The van der Waals surface area contributed by atoms with Gasteiger partial charge in [-0.1, -0.05) is 29.0 Å². The number of benzene rings is 1. The first-order chi connectivity index (χ1) is 9.97. The fraction of sp³-hybridized carbons (Fsp3) is 0.500. The molecule has 0 amide bonds. The first-order valence-corrected chi connectivity index (χ1v) is 8.09. The molecule has 0 aliphatic carbocycles. The van der Waals surface area contributed by atoms with Crippen molar-refractivity contribution in [3.63, 3.8) is 0 Å². The SMILES string of the molecule is Cc1cc(C)c(-c2nnc(NCCCN(C)C)s2)c(C)c1. The van der Waals surface area contributed by atoms with Crippen LogP contribution in [0.25, 0.3) is 10.6 Å². The molecule has 114 valence electrons. The van der Waals surface area contributed by atoms with Crippen LogP contribution in [-0.4, -0.2) is 42.3 Å². The van der Waals surface area contributed by atoms with Gasteiger partial charge in [-0.25, -0.2) is 0 Å². The van der Waals surface area contributed by atoms with Crippen molar-refractivity contribution in [2.45, 2.75) is 27.2 Å². The standard InChI is InChI=1S/C16H24N4S/c1-11-9-12(2)14(13(3)10-11)15-18-19-16(21-15)17-7-6-8-20(4)5/h9-10H,6-8H2,1-5H3,(H,17,19). The van der Waals surface area contributed by atoms with Gasteiger partial charge in [-0.05, 0) is 59.0 Å². The Morgan fingerprint density at radius 2 is 1.76 bits per heavy atom. The molecular formula is C16H24N4S. The van der Waals surface area contributed by atoms with E-state index in [2.05, 4.69) is 67.4 Å². The minimum atomic E-state index is 0.906. The van der Waals surface area contributed by atoms with Gasteiger partial charge >= 0.3 is 0 Å². The van der Waals surface area contributed by atoms with E-state index in [1.165, 1.54) is 22.3 Å². The highest BCUT2D eigenvalue weighted by Gasteiger charge is 2.12. The van der Waals surface area contributed by atoms with Crippen molar-refractivity contribution in [2.24, 2.45) is 0 Å². The zero-order chi connectivity index (χ0) is 15.4. The van der Waals surface area contributed by atoms with E-state index in [4.69, 9.17) is 0 Å². The highest BCUT2D eigenvalue weighted by Crippen LogP contribution is 2.32. The molecule has 4 nitrogen and oxygen atoms in total. The first kappa shape index (κ1) is 15.9. The Morgan fingerprint density at radius 3 is 2.38 bits per heavy atom. The molecule has 1 aromatic carbocycles. The molecule has 1 aromatic heterocycles. The van der Waals surface area contributed by atoms with Crippen molar-refractivity contribution >= 4 is 16.5 Å². The van der Waals surface area contributed by atoms with E-state index >= 15 is 0 Å². The van der Waals surface area contributed by atoms with Crippen LogP contribution in [0.3, 0.4) is 0 Å². The summed E-state index contributed by atoms with van der Waals surface area (Å²) in [6.07, 6.45) is 1.10. The number of nitrogens with zero attached hydrogens (tertiary/aromatic N) is 3. The molecule has 0 aliphatic rings. The average molecular weight is 304 g/mol. The number of rotatable bonds is 6. The summed E-state index contributed by atoms with van der Waals surface area (Å²) in [7, 11) is 4.18. The van der Waals surface area contributed by atoms with Crippen LogP contribution in [0.2, 0.25) is 0 Å². The lowest BCUT2D eigenvalue weighted by Gasteiger charge is -2.09. The van der Waals surface area contributed by atoms with E-state index < -0.39 is 0 Å². The molecule has 0 fully saturated rings. The van der Waals surface area contributed by atoms with Crippen LogP contribution in [0.4, 0.5) is 5.13 Å². The van der Waals surface area contributed by atoms with E-state index in [1.807, 2.05) is 0 Å². The number of aryl methyl sites for hydroxylation is 3. The topological polar surface area (TPSA) is 41.1 Å². The van der Waals surface area contributed by atoms with E-state index in [9.17, 15) is 0 Å². The van der Waals surface area contributed by atoms with Crippen molar-refractivity contribution in [3.8, 4) is 10.6 Å². The Bertz CT molecular complexity index is 581. The normalized spacial score (nSPS) is 11.1. The van der Waals surface area contributed by atoms with E-state index in [1.54, 1.807) is 11.3 Å². The molecule has 0 bridgehead atoms. The summed E-state index contributed by atoms with van der Waals surface area (Å²) in [5, 5.41) is 13.9. The molecule has 0 atom stereocenters. The maximum Gasteiger partial charge on any atom is 0.206 e. The number of aromatic nitrogens is 2. The Balaban J connectivity index is 2.06. The molecule has 0 saturated carbocycles. The molecule has 2 rings (SSSR count). The van der Waals surface area contributed by atoms with E-state index in [0.29, 0.717) is 0 Å². The Kier molecular flexibility index (Phi) is 5.31.